The van der Waals surface area contributed by atoms with Gasteiger partial charge in [0.25, 0.3) is 5.91 Å². The number of benzene rings is 1. The van der Waals surface area contributed by atoms with Gasteiger partial charge < -0.3 is 24.0 Å². The number of amides is 2. The predicted molar refractivity (Wildman–Crippen MR) is 142 cm³/mol. The predicted octanol–water partition coefficient (Wildman–Crippen LogP) is 4.38. The number of aromatic nitrogens is 2. The molecule has 204 valence electrons. The highest BCUT2D eigenvalue weighted by Crippen LogP contribution is 2.37. The summed E-state index contributed by atoms with van der Waals surface area (Å²) in [6, 6.07) is 4.41. The summed E-state index contributed by atoms with van der Waals surface area (Å²) in [7, 11) is 1.71. The topological polar surface area (TPSA) is 86.1 Å². The molecule has 37 heavy (non-hydrogen) atoms. The van der Waals surface area contributed by atoms with Crippen molar-refractivity contribution in [1.29, 1.82) is 0 Å². The van der Waals surface area contributed by atoms with Gasteiger partial charge in [-0.25, -0.2) is 4.79 Å². The van der Waals surface area contributed by atoms with Gasteiger partial charge in [0, 0.05) is 38.2 Å². The van der Waals surface area contributed by atoms with E-state index < -0.39 is 17.8 Å². The monoisotopic (exact) mass is 514 g/mol. The molecule has 2 aromatic rings. The zero-order chi connectivity index (χ0) is 26.9. The van der Waals surface area contributed by atoms with Crippen molar-refractivity contribution in [3.8, 4) is 0 Å². The van der Waals surface area contributed by atoms with Crippen LogP contribution in [0.3, 0.4) is 0 Å². The van der Waals surface area contributed by atoms with Crippen LogP contribution in [0.2, 0.25) is 0 Å². The fourth-order valence-corrected chi connectivity index (χ4v) is 5.18. The van der Waals surface area contributed by atoms with Crippen molar-refractivity contribution in [3.63, 3.8) is 0 Å². The Kier molecular flexibility index (Phi) is 8.14. The van der Waals surface area contributed by atoms with Crippen LogP contribution in [0, 0.1) is 13.8 Å². The van der Waals surface area contributed by atoms with Gasteiger partial charge in [0.2, 0.25) is 0 Å². The van der Waals surface area contributed by atoms with Gasteiger partial charge in [-0.3, -0.25) is 9.48 Å². The van der Waals surface area contributed by atoms with Crippen molar-refractivity contribution in [2.24, 2.45) is 0 Å². The average molecular weight is 515 g/mol. The van der Waals surface area contributed by atoms with E-state index in [1.807, 2.05) is 32.6 Å². The molecule has 0 N–H and O–H groups in total. The molecule has 2 fully saturated rings. The molecule has 1 aromatic heterocycles. The lowest BCUT2D eigenvalue weighted by atomic mass is 9.99. The summed E-state index contributed by atoms with van der Waals surface area (Å²) in [5.41, 5.74) is 3.75. The van der Waals surface area contributed by atoms with Crippen molar-refractivity contribution in [3.05, 3.63) is 29.0 Å². The fraction of sp³-hybridized carbons (Fsp3) is 0.679. The van der Waals surface area contributed by atoms with Gasteiger partial charge in [-0.1, -0.05) is 6.07 Å². The Morgan fingerprint density at radius 2 is 1.97 bits per heavy atom. The lowest BCUT2D eigenvalue weighted by molar-refractivity contribution is -0.151. The van der Waals surface area contributed by atoms with Crippen LogP contribution in [-0.4, -0.2) is 82.7 Å². The van der Waals surface area contributed by atoms with Crippen LogP contribution in [-0.2, 0) is 25.5 Å². The van der Waals surface area contributed by atoms with E-state index in [0.717, 1.165) is 48.1 Å². The van der Waals surface area contributed by atoms with Crippen LogP contribution in [0.25, 0.3) is 10.9 Å². The van der Waals surface area contributed by atoms with Crippen molar-refractivity contribution in [1.82, 2.24) is 19.6 Å². The van der Waals surface area contributed by atoms with E-state index in [0.29, 0.717) is 19.8 Å². The zero-order valence-corrected chi connectivity index (χ0v) is 23.4. The Balaban J connectivity index is 1.57. The standard InChI is InChI=1S/C28H42N4O5/c1-18-15-21(16-23-25(18)19(2)29-31(23)11-8-13-35-7)20(3)32(22-9-10-22)26(33)24-17-30(12-14-36-24)27(34)37-28(4,5)6/h15-16,20,22,24H,8-14,17H2,1-7H3/t20?,24-/m1/s1. The van der Waals surface area contributed by atoms with Crippen LogP contribution in [0.1, 0.15) is 69.8 Å². The number of hydrogen-bond acceptors (Lipinski definition) is 6. The highest BCUT2D eigenvalue weighted by molar-refractivity contribution is 5.87. The van der Waals surface area contributed by atoms with Crippen LogP contribution < -0.4 is 0 Å². The Bertz CT molecular complexity index is 1130. The van der Waals surface area contributed by atoms with Gasteiger partial charge in [-0.2, -0.15) is 5.10 Å². The first-order valence-corrected chi connectivity index (χ1v) is 13.4. The molecular formula is C28H42N4O5. The largest absolute Gasteiger partial charge is 0.444 e. The number of rotatable bonds is 8. The van der Waals surface area contributed by atoms with Crippen LogP contribution in [0.15, 0.2) is 12.1 Å². The molecule has 0 bridgehead atoms. The number of hydrogen-bond donors (Lipinski definition) is 0. The van der Waals surface area contributed by atoms with E-state index in [1.54, 1.807) is 12.0 Å². The second-order valence-electron chi connectivity index (χ2n) is 11.3. The normalized spacial score (nSPS) is 19.2. The number of aryl methyl sites for hydroxylation is 3. The molecule has 9 nitrogen and oxygen atoms in total. The first kappa shape index (κ1) is 27.4. The van der Waals surface area contributed by atoms with E-state index in [2.05, 4.69) is 30.7 Å². The van der Waals surface area contributed by atoms with Gasteiger partial charge in [0.15, 0.2) is 6.10 Å². The molecule has 2 heterocycles. The third-order valence-corrected chi connectivity index (χ3v) is 7.05. The van der Waals surface area contributed by atoms with Gasteiger partial charge >= 0.3 is 6.09 Å². The maximum absolute atomic E-state index is 13.8. The molecule has 2 amide bonds. The molecule has 2 aliphatic rings. The summed E-state index contributed by atoms with van der Waals surface area (Å²) in [4.78, 5) is 30.0. The SMILES string of the molecule is COCCCn1nc(C)c2c(C)cc(C(C)N(C(=O)[C@H]3CN(C(=O)OC(C)(C)C)CCO3)C3CC3)cc21. The Morgan fingerprint density at radius 3 is 2.62 bits per heavy atom. The van der Waals surface area contributed by atoms with Crippen molar-refractivity contribution < 1.29 is 23.8 Å². The minimum absolute atomic E-state index is 0.0641. The molecule has 1 unspecified atom stereocenters. The summed E-state index contributed by atoms with van der Waals surface area (Å²) >= 11 is 0. The Morgan fingerprint density at radius 1 is 1.24 bits per heavy atom. The lowest BCUT2D eigenvalue weighted by Crippen LogP contribution is -2.54. The van der Waals surface area contributed by atoms with Gasteiger partial charge in [0.1, 0.15) is 5.60 Å². The summed E-state index contributed by atoms with van der Waals surface area (Å²) in [6.07, 6.45) is 1.74. The second-order valence-corrected chi connectivity index (χ2v) is 11.3. The molecule has 0 spiro atoms. The first-order valence-electron chi connectivity index (χ1n) is 13.4. The molecule has 1 aromatic carbocycles. The number of ether oxygens (including phenoxy) is 3. The second kappa shape index (κ2) is 11.0. The molecule has 4 rings (SSSR count). The Hall–Kier alpha value is -2.65. The molecule has 2 atom stereocenters. The summed E-state index contributed by atoms with van der Waals surface area (Å²) in [5.74, 6) is -0.0641. The third-order valence-electron chi connectivity index (χ3n) is 7.05. The van der Waals surface area contributed by atoms with Gasteiger partial charge in [-0.15, -0.1) is 0 Å². The summed E-state index contributed by atoms with van der Waals surface area (Å²) in [6.45, 7) is 14.2. The summed E-state index contributed by atoms with van der Waals surface area (Å²) in [5, 5.41) is 5.95. The number of carbonyl (C=O) groups excluding carboxylic acids is 2. The van der Waals surface area contributed by atoms with Crippen LogP contribution in [0.5, 0.6) is 0 Å². The zero-order valence-electron chi connectivity index (χ0n) is 23.4. The number of fused-ring (bicyclic) bond motifs is 1. The fourth-order valence-electron chi connectivity index (χ4n) is 5.18. The molecule has 0 radical (unpaired) electrons. The number of methoxy groups -OCH3 is 1. The molecule has 1 aliphatic carbocycles. The highest BCUT2D eigenvalue weighted by atomic mass is 16.6. The average Bonchev–Trinajstić information content (AvgIpc) is 3.61. The van der Waals surface area contributed by atoms with Crippen molar-refractivity contribution in [2.75, 3.05) is 33.4 Å². The van der Waals surface area contributed by atoms with Crippen molar-refractivity contribution in [2.45, 2.75) is 91.1 Å². The van der Waals surface area contributed by atoms with E-state index in [-0.39, 0.29) is 24.5 Å². The van der Waals surface area contributed by atoms with E-state index in [9.17, 15) is 9.59 Å². The van der Waals surface area contributed by atoms with Crippen LogP contribution in [0.4, 0.5) is 4.79 Å². The minimum atomic E-state index is -0.698. The quantitative estimate of drug-likeness (QED) is 0.486. The van der Waals surface area contributed by atoms with Gasteiger partial charge in [0.05, 0.1) is 30.4 Å². The number of morpholine rings is 1. The van der Waals surface area contributed by atoms with E-state index in [1.165, 1.54) is 5.39 Å². The minimum Gasteiger partial charge on any atom is -0.444 e. The van der Waals surface area contributed by atoms with Crippen molar-refractivity contribution >= 4 is 22.9 Å². The number of carbonyl (C=O) groups is 2. The summed E-state index contributed by atoms with van der Waals surface area (Å²) < 4.78 is 18.7. The number of nitrogens with zero attached hydrogens (tertiary/aromatic N) is 4. The third kappa shape index (κ3) is 6.26. The molecular weight excluding hydrogens is 472 g/mol. The van der Waals surface area contributed by atoms with E-state index in [4.69, 9.17) is 19.3 Å². The molecule has 9 heteroatoms. The molecule has 1 saturated carbocycles. The smallest absolute Gasteiger partial charge is 0.410 e. The molecule has 1 aliphatic heterocycles. The lowest BCUT2D eigenvalue weighted by Gasteiger charge is -2.38. The highest BCUT2D eigenvalue weighted by Gasteiger charge is 2.42. The van der Waals surface area contributed by atoms with E-state index >= 15 is 0 Å². The Labute approximate surface area is 220 Å². The van der Waals surface area contributed by atoms with Crippen LogP contribution >= 0.6 is 0 Å². The first-order chi connectivity index (χ1) is 17.5. The van der Waals surface area contributed by atoms with Gasteiger partial charge in [-0.05, 0) is 78.0 Å². The maximum Gasteiger partial charge on any atom is 0.410 e. The molecule has 1 saturated heterocycles. The maximum atomic E-state index is 13.8.